The van der Waals surface area contributed by atoms with Gasteiger partial charge in [-0.05, 0) is 43.2 Å². The zero-order chi connectivity index (χ0) is 22.9. The van der Waals surface area contributed by atoms with Crippen molar-refractivity contribution in [3.05, 3.63) is 71.7 Å². The number of aromatic nitrogens is 4. The van der Waals surface area contributed by atoms with Gasteiger partial charge in [0.2, 0.25) is 0 Å². The van der Waals surface area contributed by atoms with Crippen LogP contribution in [0.4, 0.5) is 17.2 Å². The average Bonchev–Trinajstić information content (AvgIpc) is 3.23. The molecule has 8 nitrogen and oxygen atoms in total. The molecule has 1 N–H and O–H groups in total. The molecule has 1 fully saturated rings. The summed E-state index contributed by atoms with van der Waals surface area (Å²) < 4.78 is 1.75. The average molecular weight is 442 g/mol. The van der Waals surface area contributed by atoms with E-state index >= 15 is 0 Å². The molecule has 0 spiro atoms. The van der Waals surface area contributed by atoms with Crippen LogP contribution in [0.5, 0.6) is 0 Å². The second-order valence-electron chi connectivity index (χ2n) is 8.40. The van der Waals surface area contributed by atoms with Crippen molar-refractivity contribution in [2.45, 2.75) is 13.8 Å². The molecular formula is C25H27N7O. The van der Waals surface area contributed by atoms with Gasteiger partial charge >= 0.3 is 0 Å². The third-order valence-corrected chi connectivity index (χ3v) is 6.41. The van der Waals surface area contributed by atoms with Crippen molar-refractivity contribution in [1.82, 2.24) is 24.6 Å². The Morgan fingerprint density at radius 1 is 0.939 bits per heavy atom. The standard InChI is InChI=1S/C25H27N7O/c1-17-7-6-10-21(18(17)2)29-22-9-5-4-8-19(22)25(33)32-13-11-31(12-14-32)24-20-15-28-30(3)23(20)26-16-27-24/h4-10,15-16,29H,11-14H2,1-3H3. The number of carbonyl (C=O) groups is 1. The number of hydrogen-bond acceptors (Lipinski definition) is 6. The lowest BCUT2D eigenvalue weighted by Crippen LogP contribution is -2.49. The van der Waals surface area contributed by atoms with Gasteiger partial charge in [-0.2, -0.15) is 5.10 Å². The molecule has 1 saturated heterocycles. The van der Waals surface area contributed by atoms with Crippen LogP contribution >= 0.6 is 0 Å². The zero-order valence-corrected chi connectivity index (χ0v) is 19.1. The van der Waals surface area contributed by atoms with Crippen LogP contribution in [0.15, 0.2) is 55.0 Å². The van der Waals surface area contributed by atoms with Gasteiger partial charge < -0.3 is 15.1 Å². The van der Waals surface area contributed by atoms with E-state index in [0.29, 0.717) is 31.7 Å². The van der Waals surface area contributed by atoms with Crippen LogP contribution in [0.25, 0.3) is 11.0 Å². The number of benzene rings is 2. The minimum Gasteiger partial charge on any atom is -0.355 e. The normalized spacial score (nSPS) is 14.0. The van der Waals surface area contributed by atoms with Crippen molar-refractivity contribution in [3.8, 4) is 0 Å². The number of aryl methyl sites for hydroxylation is 2. The number of fused-ring (bicyclic) bond motifs is 1. The fourth-order valence-electron chi connectivity index (χ4n) is 4.30. The molecule has 0 saturated carbocycles. The van der Waals surface area contributed by atoms with Gasteiger partial charge in [-0.1, -0.05) is 24.3 Å². The van der Waals surface area contributed by atoms with Gasteiger partial charge in [0, 0.05) is 38.9 Å². The Hall–Kier alpha value is -3.94. The van der Waals surface area contributed by atoms with E-state index in [1.54, 1.807) is 17.2 Å². The Morgan fingerprint density at radius 2 is 1.70 bits per heavy atom. The number of piperazine rings is 1. The molecule has 4 aromatic rings. The second kappa shape index (κ2) is 8.54. The molecule has 0 radical (unpaired) electrons. The van der Waals surface area contributed by atoms with Crippen LogP contribution in [0.3, 0.4) is 0 Å². The predicted octanol–water partition coefficient (Wildman–Crippen LogP) is 3.69. The molecule has 168 valence electrons. The minimum absolute atomic E-state index is 0.0391. The van der Waals surface area contributed by atoms with E-state index < -0.39 is 0 Å². The molecule has 5 rings (SSSR count). The number of carbonyl (C=O) groups excluding carboxylic acids is 1. The number of amides is 1. The maximum atomic E-state index is 13.4. The lowest BCUT2D eigenvalue weighted by Gasteiger charge is -2.35. The maximum absolute atomic E-state index is 13.4. The van der Waals surface area contributed by atoms with Crippen molar-refractivity contribution >= 4 is 34.1 Å². The van der Waals surface area contributed by atoms with Gasteiger partial charge in [-0.15, -0.1) is 0 Å². The van der Waals surface area contributed by atoms with Crippen molar-refractivity contribution in [1.29, 1.82) is 0 Å². The van der Waals surface area contributed by atoms with Crippen LogP contribution in [-0.2, 0) is 7.05 Å². The van der Waals surface area contributed by atoms with Gasteiger partial charge in [0.1, 0.15) is 12.1 Å². The van der Waals surface area contributed by atoms with E-state index in [9.17, 15) is 4.79 Å². The van der Waals surface area contributed by atoms with E-state index in [2.05, 4.69) is 45.2 Å². The summed E-state index contributed by atoms with van der Waals surface area (Å²) in [4.78, 5) is 26.4. The minimum atomic E-state index is 0.0391. The first-order valence-electron chi connectivity index (χ1n) is 11.1. The Bertz CT molecular complexity index is 1320. The van der Waals surface area contributed by atoms with Crippen LogP contribution < -0.4 is 10.2 Å². The van der Waals surface area contributed by atoms with Gasteiger partial charge in [-0.3, -0.25) is 9.48 Å². The fraction of sp³-hybridized carbons (Fsp3) is 0.280. The lowest BCUT2D eigenvalue weighted by molar-refractivity contribution is 0.0747. The molecule has 8 heteroatoms. The van der Waals surface area contributed by atoms with Gasteiger partial charge in [0.05, 0.1) is 22.8 Å². The SMILES string of the molecule is Cc1cccc(Nc2ccccc2C(=O)N2CCN(c3ncnc4c3cnn4C)CC2)c1C. The first-order chi connectivity index (χ1) is 16.0. The predicted molar refractivity (Wildman–Crippen MR) is 130 cm³/mol. The summed E-state index contributed by atoms with van der Waals surface area (Å²) in [5.41, 5.74) is 5.73. The topological polar surface area (TPSA) is 79.2 Å². The number of nitrogens with zero attached hydrogens (tertiary/aromatic N) is 6. The molecule has 1 aliphatic rings. The van der Waals surface area contributed by atoms with Crippen LogP contribution in [0.1, 0.15) is 21.5 Å². The molecule has 1 aliphatic heterocycles. The third kappa shape index (κ3) is 3.88. The monoisotopic (exact) mass is 441 g/mol. The first kappa shape index (κ1) is 20.9. The quantitative estimate of drug-likeness (QED) is 0.520. The van der Waals surface area contributed by atoms with Crippen LogP contribution in [-0.4, -0.2) is 56.7 Å². The number of nitrogens with one attached hydrogen (secondary N) is 1. The first-order valence-corrected chi connectivity index (χ1v) is 11.1. The number of para-hydroxylation sites is 1. The molecule has 1 amide bonds. The largest absolute Gasteiger partial charge is 0.355 e. The van der Waals surface area contributed by atoms with Crippen molar-refractivity contribution in [2.24, 2.45) is 7.05 Å². The van der Waals surface area contributed by atoms with Crippen LogP contribution in [0.2, 0.25) is 0 Å². The molecule has 0 bridgehead atoms. The van der Waals surface area contributed by atoms with Gasteiger partial charge in [0.15, 0.2) is 5.65 Å². The van der Waals surface area contributed by atoms with Gasteiger partial charge in [0.25, 0.3) is 5.91 Å². The third-order valence-electron chi connectivity index (χ3n) is 6.41. The molecule has 0 unspecified atom stereocenters. The van der Waals surface area contributed by atoms with Crippen LogP contribution in [0, 0.1) is 13.8 Å². The second-order valence-corrected chi connectivity index (χ2v) is 8.40. The summed E-state index contributed by atoms with van der Waals surface area (Å²) in [5, 5.41) is 8.71. The van der Waals surface area contributed by atoms with E-state index in [1.165, 1.54) is 11.1 Å². The summed E-state index contributed by atoms with van der Waals surface area (Å²) in [7, 11) is 1.87. The van der Waals surface area contributed by atoms with E-state index in [4.69, 9.17) is 0 Å². The molecule has 0 aliphatic carbocycles. The van der Waals surface area contributed by atoms with Gasteiger partial charge in [-0.25, -0.2) is 9.97 Å². The summed E-state index contributed by atoms with van der Waals surface area (Å²) in [6, 6.07) is 13.9. The van der Waals surface area contributed by atoms with E-state index in [1.807, 2.05) is 48.3 Å². The highest BCUT2D eigenvalue weighted by Gasteiger charge is 2.26. The molecule has 33 heavy (non-hydrogen) atoms. The highest BCUT2D eigenvalue weighted by atomic mass is 16.2. The fourth-order valence-corrected chi connectivity index (χ4v) is 4.30. The zero-order valence-electron chi connectivity index (χ0n) is 19.1. The Labute approximate surface area is 192 Å². The number of rotatable bonds is 4. The molecule has 2 aromatic carbocycles. The van der Waals surface area contributed by atoms with Crippen molar-refractivity contribution in [3.63, 3.8) is 0 Å². The van der Waals surface area contributed by atoms with Crippen molar-refractivity contribution in [2.75, 3.05) is 36.4 Å². The van der Waals surface area contributed by atoms with Crippen molar-refractivity contribution < 1.29 is 4.79 Å². The molecule has 2 aromatic heterocycles. The summed E-state index contributed by atoms with van der Waals surface area (Å²) in [5.74, 6) is 0.912. The summed E-state index contributed by atoms with van der Waals surface area (Å²) in [6.07, 6.45) is 3.38. The Morgan fingerprint density at radius 3 is 2.52 bits per heavy atom. The Balaban J connectivity index is 1.33. The molecule has 0 atom stereocenters. The molecular weight excluding hydrogens is 414 g/mol. The number of anilines is 3. The smallest absolute Gasteiger partial charge is 0.256 e. The number of hydrogen-bond donors (Lipinski definition) is 1. The Kier molecular flexibility index (Phi) is 5.42. The highest BCUT2D eigenvalue weighted by Crippen LogP contribution is 2.27. The lowest BCUT2D eigenvalue weighted by atomic mass is 10.1. The molecule has 3 heterocycles. The van der Waals surface area contributed by atoms with E-state index in [-0.39, 0.29) is 5.91 Å². The maximum Gasteiger partial charge on any atom is 0.256 e. The summed E-state index contributed by atoms with van der Waals surface area (Å²) >= 11 is 0. The summed E-state index contributed by atoms with van der Waals surface area (Å²) in [6.45, 7) is 6.85. The highest BCUT2D eigenvalue weighted by molar-refractivity contribution is 6.00. The van der Waals surface area contributed by atoms with E-state index in [0.717, 1.165) is 28.2 Å².